The van der Waals surface area contributed by atoms with E-state index in [0.717, 1.165) is 0 Å². The van der Waals surface area contributed by atoms with Crippen LogP contribution in [0.15, 0.2) is 0 Å². The minimum absolute atomic E-state index is 0.0136. The second-order valence-corrected chi connectivity index (χ2v) is 2.30. The molecule has 0 aromatic heterocycles. The minimum Gasteiger partial charge on any atom is -0.198 e. The largest absolute Gasteiger partial charge is 0.198 e. The Balaban J connectivity index is 3.53. The summed E-state index contributed by atoms with van der Waals surface area (Å²) in [5, 5.41) is 16.6. The van der Waals surface area contributed by atoms with E-state index in [0.29, 0.717) is 6.42 Å². The van der Waals surface area contributed by atoms with E-state index in [4.69, 9.17) is 10.5 Å². The third kappa shape index (κ3) is 3.55. The molecular weight excluding hydrogens is 112 g/mol. The second-order valence-electron chi connectivity index (χ2n) is 2.30. The molecule has 9 heavy (non-hydrogen) atoms. The summed E-state index contributed by atoms with van der Waals surface area (Å²) in [5.74, 6) is 0.0271. The summed E-state index contributed by atoms with van der Waals surface area (Å²) in [4.78, 5) is 0. The molecule has 0 amide bonds. The predicted octanol–water partition coefficient (Wildman–Crippen LogP) is 1.70. The van der Waals surface area contributed by atoms with Crippen LogP contribution >= 0.6 is 0 Å². The van der Waals surface area contributed by atoms with Gasteiger partial charge in [-0.25, -0.2) is 0 Å². The van der Waals surface area contributed by atoms with Gasteiger partial charge in [0.2, 0.25) is 0 Å². The Kier molecular flexibility index (Phi) is 3.48. The molecule has 0 unspecified atom stereocenters. The summed E-state index contributed by atoms with van der Waals surface area (Å²) in [6.45, 7) is 3.65. The molecule has 0 N–H and O–H groups in total. The van der Waals surface area contributed by atoms with Crippen molar-refractivity contribution in [1.82, 2.24) is 0 Å². The molecule has 48 valence electrons. The van der Waals surface area contributed by atoms with Gasteiger partial charge in [0.1, 0.15) is 0 Å². The number of nitrogens with zero attached hydrogens (tertiary/aromatic N) is 2. The molecule has 2 atom stereocenters. The normalized spacial score (nSPS) is 15.1. The molecule has 0 saturated heterocycles. The van der Waals surface area contributed by atoms with E-state index in [2.05, 4.69) is 12.1 Å². The molecule has 0 aliphatic carbocycles. The van der Waals surface area contributed by atoms with E-state index in [1.165, 1.54) is 0 Å². The SMILES string of the molecule is C[C@H](C#N)C[C@@H](C)C#N. The van der Waals surface area contributed by atoms with Gasteiger partial charge in [-0.3, -0.25) is 0 Å². The van der Waals surface area contributed by atoms with Crippen LogP contribution in [0.1, 0.15) is 20.3 Å². The van der Waals surface area contributed by atoms with Gasteiger partial charge >= 0.3 is 0 Å². The van der Waals surface area contributed by atoms with Crippen molar-refractivity contribution in [3.05, 3.63) is 0 Å². The molecule has 0 rings (SSSR count). The van der Waals surface area contributed by atoms with Crippen molar-refractivity contribution in [3.8, 4) is 12.1 Å². The Morgan fingerprint density at radius 2 is 1.44 bits per heavy atom. The van der Waals surface area contributed by atoms with Crippen molar-refractivity contribution >= 4 is 0 Å². The van der Waals surface area contributed by atoms with Gasteiger partial charge in [-0.15, -0.1) is 0 Å². The fourth-order valence-electron chi connectivity index (χ4n) is 0.636. The van der Waals surface area contributed by atoms with Crippen LogP contribution in [0.3, 0.4) is 0 Å². The van der Waals surface area contributed by atoms with Crippen molar-refractivity contribution in [2.75, 3.05) is 0 Å². The Hall–Kier alpha value is -1.02. The smallest absolute Gasteiger partial charge is 0.0653 e. The summed E-state index contributed by atoms with van der Waals surface area (Å²) >= 11 is 0. The van der Waals surface area contributed by atoms with Crippen LogP contribution in [0.5, 0.6) is 0 Å². The van der Waals surface area contributed by atoms with E-state index in [-0.39, 0.29) is 11.8 Å². The lowest BCUT2D eigenvalue weighted by atomic mass is 10.0. The fourth-order valence-corrected chi connectivity index (χ4v) is 0.636. The number of nitriles is 2. The summed E-state index contributed by atoms with van der Waals surface area (Å²) in [6, 6.07) is 4.16. The molecular formula is C7H10N2. The third-order valence-corrected chi connectivity index (χ3v) is 1.15. The fraction of sp³-hybridized carbons (Fsp3) is 0.714. The summed E-state index contributed by atoms with van der Waals surface area (Å²) in [5.41, 5.74) is 0. The molecule has 0 bridgehead atoms. The Morgan fingerprint density at radius 1 is 1.11 bits per heavy atom. The Labute approximate surface area is 55.7 Å². The van der Waals surface area contributed by atoms with Gasteiger partial charge in [-0.05, 0) is 20.3 Å². The van der Waals surface area contributed by atoms with Gasteiger partial charge in [0.25, 0.3) is 0 Å². The highest BCUT2D eigenvalue weighted by Crippen LogP contribution is 2.08. The molecule has 0 radical (unpaired) electrons. The van der Waals surface area contributed by atoms with Gasteiger partial charge < -0.3 is 0 Å². The van der Waals surface area contributed by atoms with E-state index < -0.39 is 0 Å². The van der Waals surface area contributed by atoms with Gasteiger partial charge in [-0.1, -0.05) is 0 Å². The first-order chi connectivity index (χ1) is 4.20. The maximum Gasteiger partial charge on any atom is 0.0653 e. The zero-order valence-electron chi connectivity index (χ0n) is 5.76. The molecule has 0 aromatic rings. The predicted molar refractivity (Wildman–Crippen MR) is 34.2 cm³/mol. The van der Waals surface area contributed by atoms with Crippen LogP contribution in [0.4, 0.5) is 0 Å². The Morgan fingerprint density at radius 3 is 1.67 bits per heavy atom. The van der Waals surface area contributed by atoms with E-state index >= 15 is 0 Å². The molecule has 2 nitrogen and oxygen atoms in total. The van der Waals surface area contributed by atoms with E-state index in [1.54, 1.807) is 0 Å². The zero-order valence-corrected chi connectivity index (χ0v) is 5.76. The summed E-state index contributed by atoms with van der Waals surface area (Å²) in [7, 11) is 0. The van der Waals surface area contributed by atoms with Crippen LogP contribution in [0, 0.1) is 34.5 Å². The highest BCUT2D eigenvalue weighted by Gasteiger charge is 2.04. The maximum atomic E-state index is 8.32. The topological polar surface area (TPSA) is 47.6 Å². The summed E-state index contributed by atoms with van der Waals surface area (Å²) in [6.07, 6.45) is 0.688. The first kappa shape index (κ1) is 7.98. The van der Waals surface area contributed by atoms with Crippen LogP contribution < -0.4 is 0 Å². The Bertz CT molecular complexity index is 131. The highest BCUT2D eigenvalue weighted by atomic mass is 14.3. The minimum atomic E-state index is 0.0136. The van der Waals surface area contributed by atoms with Crippen molar-refractivity contribution in [1.29, 1.82) is 10.5 Å². The number of hydrogen-bond donors (Lipinski definition) is 0. The standard InChI is InChI=1S/C7H10N2/c1-6(4-8)3-7(2)5-9/h6-7H,3H2,1-2H3/t6-,7+. The second kappa shape index (κ2) is 3.92. The van der Waals surface area contributed by atoms with E-state index in [1.807, 2.05) is 13.8 Å². The molecule has 0 heterocycles. The van der Waals surface area contributed by atoms with Crippen molar-refractivity contribution in [3.63, 3.8) is 0 Å². The molecule has 0 aromatic carbocycles. The molecule has 0 saturated carbocycles. The summed E-state index contributed by atoms with van der Waals surface area (Å²) < 4.78 is 0. The van der Waals surface area contributed by atoms with Crippen LogP contribution in [-0.2, 0) is 0 Å². The molecule has 0 fully saturated rings. The van der Waals surface area contributed by atoms with Crippen molar-refractivity contribution in [2.24, 2.45) is 11.8 Å². The molecule has 0 aliphatic heterocycles. The van der Waals surface area contributed by atoms with Gasteiger partial charge in [-0.2, -0.15) is 10.5 Å². The van der Waals surface area contributed by atoms with Crippen LogP contribution in [-0.4, -0.2) is 0 Å². The van der Waals surface area contributed by atoms with Crippen LogP contribution in [0.2, 0.25) is 0 Å². The lowest BCUT2D eigenvalue weighted by Gasteiger charge is -2.00. The van der Waals surface area contributed by atoms with Gasteiger partial charge in [0.05, 0.1) is 12.1 Å². The van der Waals surface area contributed by atoms with Gasteiger partial charge in [0, 0.05) is 11.8 Å². The zero-order chi connectivity index (χ0) is 7.28. The molecule has 0 aliphatic rings. The lowest BCUT2D eigenvalue weighted by molar-refractivity contribution is 0.561. The average Bonchev–Trinajstić information content (AvgIpc) is 1.87. The maximum absolute atomic E-state index is 8.32. The monoisotopic (exact) mass is 122 g/mol. The average molecular weight is 122 g/mol. The quantitative estimate of drug-likeness (QED) is 0.559. The third-order valence-electron chi connectivity index (χ3n) is 1.15. The van der Waals surface area contributed by atoms with Gasteiger partial charge in [0.15, 0.2) is 0 Å². The van der Waals surface area contributed by atoms with Crippen molar-refractivity contribution in [2.45, 2.75) is 20.3 Å². The first-order valence-electron chi connectivity index (χ1n) is 3.00. The van der Waals surface area contributed by atoms with Crippen LogP contribution in [0.25, 0.3) is 0 Å². The lowest BCUT2D eigenvalue weighted by Crippen LogP contribution is -1.97. The van der Waals surface area contributed by atoms with E-state index in [9.17, 15) is 0 Å². The number of rotatable bonds is 2. The molecule has 2 heteroatoms. The highest BCUT2D eigenvalue weighted by molar-refractivity contribution is 4.86. The number of hydrogen-bond acceptors (Lipinski definition) is 2. The first-order valence-corrected chi connectivity index (χ1v) is 3.00. The van der Waals surface area contributed by atoms with Crippen molar-refractivity contribution < 1.29 is 0 Å². The molecule has 0 spiro atoms.